The first-order valence-electron chi connectivity index (χ1n) is 14.5. The van der Waals surface area contributed by atoms with Crippen molar-refractivity contribution < 1.29 is 0 Å². The summed E-state index contributed by atoms with van der Waals surface area (Å²) in [6.07, 6.45) is 0.831. The van der Waals surface area contributed by atoms with Gasteiger partial charge in [-0.25, -0.2) is 0 Å². The Hall–Kier alpha value is -0.120. The lowest BCUT2D eigenvalue weighted by atomic mass is 9.85. The summed E-state index contributed by atoms with van der Waals surface area (Å²) >= 11 is 0. The molecule has 3 heteroatoms. The van der Waals surface area contributed by atoms with Crippen molar-refractivity contribution >= 4 is 0 Å². The van der Waals surface area contributed by atoms with E-state index in [-0.39, 0.29) is 38.3 Å². The minimum Gasteiger partial charge on any atom is -0.272 e. The molecule has 0 aliphatic carbocycles. The van der Waals surface area contributed by atoms with E-state index >= 15 is 0 Å². The van der Waals surface area contributed by atoms with E-state index in [0.29, 0.717) is 0 Å². The van der Waals surface area contributed by atoms with Gasteiger partial charge in [0.15, 0.2) is 0 Å². The van der Waals surface area contributed by atoms with Gasteiger partial charge in [0.25, 0.3) is 0 Å². The van der Waals surface area contributed by atoms with Gasteiger partial charge in [0.1, 0.15) is 5.79 Å². The predicted octanol–water partition coefficient (Wildman–Crippen LogP) is 9.05. The first kappa shape index (κ1) is 35.9. The fourth-order valence-electron chi connectivity index (χ4n) is 5.44. The van der Waals surface area contributed by atoms with Crippen LogP contribution in [0.25, 0.3) is 0 Å². The molecule has 0 N–H and O–H groups in total. The molecule has 0 aromatic heterocycles. The zero-order chi connectivity index (χ0) is 29.2. The SMILES string of the molecule is [CH2]CC(N(CC(C)(C)C)CC(C)(C)C)(N(CC(C)(C)C)CC(C)(C)C)N(CC(C)(C)C)CC(C)(C)C. The Balaban J connectivity index is 7.56. The predicted molar refractivity (Wildman–Crippen MR) is 164 cm³/mol. The summed E-state index contributed by atoms with van der Waals surface area (Å²) in [6, 6.07) is 0. The molecule has 0 fully saturated rings. The zero-order valence-electron chi connectivity index (χ0n) is 28.5. The van der Waals surface area contributed by atoms with Crippen molar-refractivity contribution in [1.82, 2.24) is 14.7 Å². The highest BCUT2D eigenvalue weighted by atomic mass is 15.6. The lowest BCUT2D eigenvalue weighted by Crippen LogP contribution is -2.74. The van der Waals surface area contributed by atoms with Crippen LogP contribution in [0, 0.1) is 39.4 Å². The smallest absolute Gasteiger partial charge is 0.131 e. The molecule has 0 atom stereocenters. The zero-order valence-corrected chi connectivity index (χ0v) is 28.5. The molecule has 3 nitrogen and oxygen atoms in total. The maximum Gasteiger partial charge on any atom is 0.131 e. The molecule has 0 heterocycles. The molecule has 0 bridgehead atoms. The van der Waals surface area contributed by atoms with Crippen LogP contribution in [0.5, 0.6) is 0 Å². The lowest BCUT2D eigenvalue weighted by molar-refractivity contribution is -0.210. The van der Waals surface area contributed by atoms with Gasteiger partial charge in [-0.15, -0.1) is 0 Å². The fourth-order valence-corrected chi connectivity index (χ4v) is 5.44. The van der Waals surface area contributed by atoms with Gasteiger partial charge < -0.3 is 0 Å². The second-order valence-corrected chi connectivity index (χ2v) is 19.0. The molecule has 217 valence electrons. The van der Waals surface area contributed by atoms with E-state index in [9.17, 15) is 0 Å². The standard InChI is InChI=1S/C33H70N3/c1-20-33(34(21-27(2,3)4)22-28(5,6)7,35(23-29(8,9)10)24-30(11,12)13)36(25-31(14,15)16)26-32(17,18)19/h1,20-26H2,2-19H3. The molecule has 0 unspecified atom stereocenters. The van der Waals surface area contributed by atoms with E-state index in [1.54, 1.807) is 0 Å². The third-order valence-corrected chi connectivity index (χ3v) is 5.85. The van der Waals surface area contributed by atoms with Gasteiger partial charge in [0.2, 0.25) is 0 Å². The highest BCUT2D eigenvalue weighted by molar-refractivity contribution is 4.99. The number of hydrogen-bond acceptors (Lipinski definition) is 3. The average molecular weight is 509 g/mol. The summed E-state index contributed by atoms with van der Waals surface area (Å²) in [6.45, 7) is 54.1. The maximum absolute atomic E-state index is 4.78. The summed E-state index contributed by atoms with van der Waals surface area (Å²) in [5.41, 5.74) is 1.06. The van der Waals surface area contributed by atoms with Gasteiger partial charge >= 0.3 is 0 Å². The Labute approximate surface area is 230 Å². The second kappa shape index (κ2) is 12.0. The number of nitrogens with zero attached hydrogens (tertiary/aromatic N) is 3. The highest BCUT2D eigenvalue weighted by Crippen LogP contribution is 2.41. The van der Waals surface area contributed by atoms with Crippen LogP contribution in [-0.4, -0.2) is 59.8 Å². The van der Waals surface area contributed by atoms with Crippen LogP contribution in [0.1, 0.15) is 131 Å². The van der Waals surface area contributed by atoms with Gasteiger partial charge in [-0.05, 0) is 45.8 Å². The summed E-state index contributed by atoms with van der Waals surface area (Å²) in [5.74, 6) is -0.276. The van der Waals surface area contributed by atoms with Crippen LogP contribution < -0.4 is 0 Å². The number of hydrogen-bond donors (Lipinski definition) is 0. The van der Waals surface area contributed by atoms with E-state index in [4.69, 9.17) is 6.92 Å². The van der Waals surface area contributed by atoms with Crippen LogP contribution in [0.2, 0.25) is 0 Å². The Morgan fingerprint density at radius 3 is 0.556 bits per heavy atom. The minimum absolute atomic E-state index is 0.177. The van der Waals surface area contributed by atoms with Crippen LogP contribution in [-0.2, 0) is 0 Å². The minimum atomic E-state index is -0.276. The van der Waals surface area contributed by atoms with E-state index < -0.39 is 0 Å². The Bertz CT molecular complexity index is 499. The topological polar surface area (TPSA) is 9.72 Å². The van der Waals surface area contributed by atoms with Crippen molar-refractivity contribution in [3.8, 4) is 0 Å². The normalized spacial score (nSPS) is 15.5. The number of rotatable bonds is 10. The van der Waals surface area contributed by atoms with E-state index in [1.165, 1.54) is 0 Å². The second-order valence-electron chi connectivity index (χ2n) is 19.0. The summed E-state index contributed by atoms with van der Waals surface area (Å²) in [5, 5.41) is 0. The first-order valence-corrected chi connectivity index (χ1v) is 14.5. The molecule has 0 aromatic rings. The molecular formula is C33H70N3. The van der Waals surface area contributed by atoms with Crippen molar-refractivity contribution in [2.75, 3.05) is 39.3 Å². The van der Waals surface area contributed by atoms with E-state index in [2.05, 4.69) is 139 Å². The molecule has 0 amide bonds. The molecule has 0 aliphatic rings. The maximum atomic E-state index is 4.78. The van der Waals surface area contributed by atoms with Crippen molar-refractivity contribution in [2.45, 2.75) is 137 Å². The van der Waals surface area contributed by atoms with Crippen LogP contribution >= 0.6 is 0 Å². The summed E-state index contributed by atoms with van der Waals surface area (Å²) in [7, 11) is 0. The van der Waals surface area contributed by atoms with Crippen LogP contribution in [0.3, 0.4) is 0 Å². The van der Waals surface area contributed by atoms with Gasteiger partial charge in [-0.2, -0.15) is 0 Å². The first-order chi connectivity index (χ1) is 15.5. The van der Waals surface area contributed by atoms with Crippen LogP contribution in [0.15, 0.2) is 0 Å². The van der Waals surface area contributed by atoms with E-state index in [1.807, 2.05) is 0 Å². The monoisotopic (exact) mass is 509 g/mol. The van der Waals surface area contributed by atoms with Crippen molar-refractivity contribution in [3.63, 3.8) is 0 Å². The Kier molecular flexibility index (Phi) is 11.9. The molecule has 0 rings (SSSR count). The third kappa shape index (κ3) is 14.1. The summed E-state index contributed by atoms with van der Waals surface area (Å²) < 4.78 is 0. The Morgan fingerprint density at radius 1 is 0.333 bits per heavy atom. The fraction of sp³-hybridized carbons (Fsp3) is 0.970. The quantitative estimate of drug-likeness (QED) is 0.272. The average Bonchev–Trinajstić information content (AvgIpc) is 2.45. The molecule has 0 saturated heterocycles. The van der Waals surface area contributed by atoms with Gasteiger partial charge in [-0.3, -0.25) is 14.7 Å². The van der Waals surface area contributed by atoms with Crippen molar-refractivity contribution in [1.29, 1.82) is 0 Å². The third-order valence-electron chi connectivity index (χ3n) is 5.85. The molecule has 1 radical (unpaired) electrons. The molecule has 0 saturated carbocycles. The van der Waals surface area contributed by atoms with Crippen molar-refractivity contribution in [3.05, 3.63) is 6.92 Å². The molecular weight excluding hydrogens is 438 g/mol. The van der Waals surface area contributed by atoms with Crippen molar-refractivity contribution in [2.24, 2.45) is 32.5 Å². The van der Waals surface area contributed by atoms with E-state index in [0.717, 1.165) is 45.7 Å². The molecule has 0 spiro atoms. The molecule has 0 aromatic carbocycles. The summed E-state index contributed by atoms with van der Waals surface area (Å²) in [4.78, 5) is 8.53. The largest absolute Gasteiger partial charge is 0.272 e. The molecule has 0 aliphatic heterocycles. The molecule has 36 heavy (non-hydrogen) atoms. The van der Waals surface area contributed by atoms with Gasteiger partial charge in [-0.1, -0.05) is 125 Å². The highest BCUT2D eigenvalue weighted by Gasteiger charge is 2.50. The Morgan fingerprint density at radius 2 is 0.472 bits per heavy atom. The van der Waals surface area contributed by atoms with Crippen LogP contribution in [0.4, 0.5) is 0 Å². The van der Waals surface area contributed by atoms with Gasteiger partial charge in [0.05, 0.1) is 0 Å². The van der Waals surface area contributed by atoms with Gasteiger partial charge in [0, 0.05) is 39.3 Å². The lowest BCUT2D eigenvalue weighted by Gasteiger charge is -2.62.